The lowest BCUT2D eigenvalue weighted by Gasteiger charge is -2.11. The number of hydrazine groups is 2. The number of amides is 2. The van der Waals surface area contributed by atoms with Gasteiger partial charge in [0.1, 0.15) is 11.6 Å². The fourth-order valence-electron chi connectivity index (χ4n) is 2.89. The average molecular weight is 384 g/mol. The van der Waals surface area contributed by atoms with E-state index in [2.05, 4.69) is 26.7 Å². The third-order valence-electron chi connectivity index (χ3n) is 4.31. The number of benzene rings is 1. The van der Waals surface area contributed by atoms with Gasteiger partial charge in [0.25, 0.3) is 17.4 Å². The first-order valence-corrected chi connectivity index (χ1v) is 9.12. The predicted molar refractivity (Wildman–Crippen MR) is 98.8 cm³/mol. The maximum atomic E-state index is 12.3. The van der Waals surface area contributed by atoms with Gasteiger partial charge in [0.05, 0.1) is 0 Å². The van der Waals surface area contributed by atoms with Crippen molar-refractivity contribution in [2.45, 2.75) is 18.5 Å². The van der Waals surface area contributed by atoms with Crippen LogP contribution in [0, 0.1) is 0 Å². The van der Waals surface area contributed by atoms with Crippen molar-refractivity contribution in [3.05, 3.63) is 69.6 Å². The molecule has 9 nitrogen and oxygen atoms in total. The summed E-state index contributed by atoms with van der Waals surface area (Å²) in [6.07, 6.45) is 3.27. The van der Waals surface area contributed by atoms with E-state index in [1.165, 1.54) is 21.9 Å². The topological polar surface area (TPSA) is 117 Å². The molecule has 4 rings (SSSR count). The zero-order chi connectivity index (χ0) is 18.8. The van der Waals surface area contributed by atoms with Gasteiger partial charge < -0.3 is 0 Å². The number of aromatic nitrogens is 2. The number of nitrogens with zero attached hydrogens (tertiary/aromatic N) is 2. The standard InChI is InChI=1S/C17H16N6O3S/c24-14(11-9-18-17-23(16(11)26)6-7-27-17)21-22-15(25)13-8-12(19-20-13)10-4-2-1-3-5-10/h1-7,9,12-13,19-20H,8H2,(H,21,24)(H,22,25). The van der Waals surface area contributed by atoms with Gasteiger partial charge in [-0.05, 0) is 12.0 Å². The Balaban J connectivity index is 1.37. The minimum Gasteiger partial charge on any atom is -0.271 e. The second kappa shape index (κ2) is 7.27. The molecular formula is C17H16N6O3S. The molecule has 0 saturated carbocycles. The van der Waals surface area contributed by atoms with Crippen LogP contribution in [0.1, 0.15) is 28.4 Å². The number of nitrogens with one attached hydrogen (secondary N) is 4. The molecule has 3 heterocycles. The number of fused-ring (bicyclic) bond motifs is 1. The van der Waals surface area contributed by atoms with Gasteiger partial charge in [-0.1, -0.05) is 30.3 Å². The molecule has 0 bridgehead atoms. The van der Waals surface area contributed by atoms with E-state index in [-0.39, 0.29) is 11.6 Å². The third kappa shape index (κ3) is 3.45. The molecule has 27 heavy (non-hydrogen) atoms. The van der Waals surface area contributed by atoms with Crippen molar-refractivity contribution in [2.24, 2.45) is 0 Å². The quantitative estimate of drug-likeness (QED) is 0.477. The van der Waals surface area contributed by atoms with Crippen LogP contribution in [0.3, 0.4) is 0 Å². The highest BCUT2D eigenvalue weighted by molar-refractivity contribution is 7.15. The van der Waals surface area contributed by atoms with E-state index in [0.29, 0.717) is 11.4 Å². The summed E-state index contributed by atoms with van der Waals surface area (Å²) in [7, 11) is 0. The van der Waals surface area contributed by atoms with Gasteiger partial charge in [-0.2, -0.15) is 0 Å². The first-order valence-electron chi connectivity index (χ1n) is 8.24. The molecule has 0 radical (unpaired) electrons. The minimum atomic E-state index is -0.716. The molecule has 2 atom stereocenters. The number of thiazole rings is 1. The number of rotatable bonds is 3. The van der Waals surface area contributed by atoms with Crippen molar-refractivity contribution in [3.63, 3.8) is 0 Å². The van der Waals surface area contributed by atoms with Crippen molar-refractivity contribution in [3.8, 4) is 0 Å². The smallest absolute Gasteiger partial charge is 0.271 e. The van der Waals surface area contributed by atoms with E-state index in [9.17, 15) is 14.4 Å². The molecular weight excluding hydrogens is 368 g/mol. The monoisotopic (exact) mass is 384 g/mol. The second-order valence-corrected chi connectivity index (χ2v) is 6.89. The highest BCUT2D eigenvalue weighted by Gasteiger charge is 2.30. The molecule has 4 N–H and O–H groups in total. The van der Waals surface area contributed by atoms with Crippen molar-refractivity contribution in [1.29, 1.82) is 0 Å². The summed E-state index contributed by atoms with van der Waals surface area (Å²) in [5.74, 6) is -1.12. The normalized spacial score (nSPS) is 19.1. The minimum absolute atomic E-state index is 0.00695. The van der Waals surface area contributed by atoms with Crippen molar-refractivity contribution >= 4 is 28.1 Å². The van der Waals surface area contributed by atoms with Crippen LogP contribution in [0.2, 0.25) is 0 Å². The van der Waals surface area contributed by atoms with E-state index in [0.717, 1.165) is 5.56 Å². The predicted octanol–water partition coefficient (Wildman–Crippen LogP) is 0.125. The summed E-state index contributed by atoms with van der Waals surface area (Å²) in [5, 5.41) is 1.70. The van der Waals surface area contributed by atoms with Crippen LogP contribution in [0.15, 0.2) is 52.9 Å². The fourth-order valence-corrected chi connectivity index (χ4v) is 3.56. The maximum absolute atomic E-state index is 12.3. The summed E-state index contributed by atoms with van der Waals surface area (Å²) < 4.78 is 1.29. The van der Waals surface area contributed by atoms with Crippen LogP contribution < -0.4 is 27.3 Å². The molecule has 2 unspecified atom stereocenters. The van der Waals surface area contributed by atoms with Crippen molar-refractivity contribution in [2.75, 3.05) is 0 Å². The SMILES string of the molecule is O=C(NNC(=O)C1CC(c2ccccc2)NN1)c1cnc2sccn2c1=O. The van der Waals surface area contributed by atoms with Gasteiger partial charge in [0.2, 0.25) is 0 Å². The Hall–Kier alpha value is -3.08. The maximum Gasteiger partial charge on any atom is 0.276 e. The molecule has 2 aromatic heterocycles. The average Bonchev–Trinajstić information content (AvgIpc) is 3.37. The zero-order valence-corrected chi connectivity index (χ0v) is 14.8. The van der Waals surface area contributed by atoms with Crippen molar-refractivity contribution < 1.29 is 9.59 Å². The zero-order valence-electron chi connectivity index (χ0n) is 14.0. The van der Waals surface area contributed by atoms with Gasteiger partial charge in [-0.15, -0.1) is 11.3 Å². The summed E-state index contributed by atoms with van der Waals surface area (Å²) >= 11 is 1.29. The summed E-state index contributed by atoms with van der Waals surface area (Å²) in [5.41, 5.74) is 11.0. The molecule has 1 fully saturated rings. The Bertz CT molecular complexity index is 1050. The largest absolute Gasteiger partial charge is 0.276 e. The van der Waals surface area contributed by atoms with Crippen LogP contribution >= 0.6 is 11.3 Å². The van der Waals surface area contributed by atoms with Gasteiger partial charge >= 0.3 is 0 Å². The van der Waals surface area contributed by atoms with Gasteiger partial charge in [0.15, 0.2) is 4.96 Å². The van der Waals surface area contributed by atoms with E-state index in [4.69, 9.17) is 0 Å². The second-order valence-electron chi connectivity index (χ2n) is 6.02. The van der Waals surface area contributed by atoms with Crippen LogP contribution in [-0.2, 0) is 4.79 Å². The van der Waals surface area contributed by atoms with Gasteiger partial charge in [-0.25, -0.2) is 15.8 Å². The summed E-state index contributed by atoms with van der Waals surface area (Å²) in [6.45, 7) is 0. The lowest BCUT2D eigenvalue weighted by atomic mass is 10.0. The molecule has 138 valence electrons. The van der Waals surface area contributed by atoms with E-state index < -0.39 is 23.4 Å². The van der Waals surface area contributed by atoms with E-state index in [1.807, 2.05) is 30.3 Å². The molecule has 1 aliphatic heterocycles. The highest BCUT2D eigenvalue weighted by atomic mass is 32.1. The van der Waals surface area contributed by atoms with Crippen LogP contribution in [0.5, 0.6) is 0 Å². The van der Waals surface area contributed by atoms with Crippen molar-refractivity contribution in [1.82, 2.24) is 31.1 Å². The first-order chi connectivity index (χ1) is 13.1. The Kier molecular flexibility index (Phi) is 4.67. The number of hydrogen-bond acceptors (Lipinski definition) is 7. The lowest BCUT2D eigenvalue weighted by Crippen LogP contribution is -2.51. The van der Waals surface area contributed by atoms with Crippen LogP contribution in [0.4, 0.5) is 0 Å². The first kappa shape index (κ1) is 17.3. The molecule has 0 aliphatic carbocycles. The summed E-state index contributed by atoms with van der Waals surface area (Å²) in [4.78, 5) is 41.3. The Morgan fingerprint density at radius 1 is 1.19 bits per heavy atom. The molecule has 0 spiro atoms. The Morgan fingerprint density at radius 3 is 2.81 bits per heavy atom. The van der Waals surface area contributed by atoms with Crippen LogP contribution in [0.25, 0.3) is 4.96 Å². The molecule has 3 aromatic rings. The van der Waals surface area contributed by atoms with E-state index >= 15 is 0 Å². The van der Waals surface area contributed by atoms with Crippen LogP contribution in [-0.4, -0.2) is 27.2 Å². The number of carbonyl (C=O) groups is 2. The lowest BCUT2D eigenvalue weighted by molar-refractivity contribution is -0.123. The van der Waals surface area contributed by atoms with E-state index in [1.54, 1.807) is 11.6 Å². The Morgan fingerprint density at radius 2 is 2.00 bits per heavy atom. The molecule has 2 amide bonds. The molecule has 10 heteroatoms. The molecule has 1 aliphatic rings. The molecule has 1 aromatic carbocycles. The fraction of sp³-hybridized carbons (Fsp3) is 0.176. The summed E-state index contributed by atoms with van der Waals surface area (Å²) in [6, 6.07) is 9.21. The van der Waals surface area contributed by atoms with Gasteiger partial charge in [0, 0.05) is 23.8 Å². The van der Waals surface area contributed by atoms with Gasteiger partial charge in [-0.3, -0.25) is 29.6 Å². The number of carbonyl (C=O) groups excluding carboxylic acids is 2. The highest BCUT2D eigenvalue weighted by Crippen LogP contribution is 2.21. The third-order valence-corrected chi connectivity index (χ3v) is 5.08. The number of hydrogen-bond donors (Lipinski definition) is 4. The Labute approximate surface area is 157 Å². The molecule has 1 saturated heterocycles.